The fraction of sp³-hybridized carbons (Fsp3) is 0.533. The molecule has 0 aliphatic carbocycles. The van der Waals surface area contributed by atoms with Gasteiger partial charge in [0.1, 0.15) is 5.75 Å². The summed E-state index contributed by atoms with van der Waals surface area (Å²) < 4.78 is 5.11. The maximum atomic E-state index is 12.2. The normalized spacial score (nSPS) is 12.7. The Labute approximate surface area is 120 Å². The fourth-order valence-electron chi connectivity index (χ4n) is 2.03. The molecule has 0 aliphatic rings. The van der Waals surface area contributed by atoms with Crippen molar-refractivity contribution >= 4 is 11.7 Å². The molecule has 2 amide bonds. The zero-order valence-corrected chi connectivity index (χ0v) is 12.8. The Morgan fingerprint density at radius 1 is 1.45 bits per heavy atom. The van der Waals surface area contributed by atoms with Gasteiger partial charge in [0.25, 0.3) is 0 Å². The van der Waals surface area contributed by atoms with E-state index in [1.165, 1.54) is 4.90 Å². The Bertz CT molecular complexity index is 455. The van der Waals surface area contributed by atoms with Crippen LogP contribution in [-0.2, 0) is 0 Å². The summed E-state index contributed by atoms with van der Waals surface area (Å²) >= 11 is 0. The number of aliphatic hydroxyl groups is 1. The third-order valence-electron chi connectivity index (χ3n) is 3.28. The van der Waals surface area contributed by atoms with Gasteiger partial charge in [-0.2, -0.15) is 0 Å². The number of carbonyl (C=O) groups is 1. The van der Waals surface area contributed by atoms with Crippen molar-refractivity contribution in [3.05, 3.63) is 24.3 Å². The second-order valence-electron chi connectivity index (χ2n) is 5.84. The number of benzene rings is 1. The Hall–Kier alpha value is -1.75. The molecule has 1 aromatic rings. The summed E-state index contributed by atoms with van der Waals surface area (Å²) in [6.07, 6.45) is 0. The SMILES string of the molecule is COc1cccc(NC(=O)N(C)C(CO)C(C)(C)C)c1. The summed E-state index contributed by atoms with van der Waals surface area (Å²) in [4.78, 5) is 13.7. The molecule has 0 saturated carbocycles. The van der Waals surface area contributed by atoms with Crippen molar-refractivity contribution in [2.24, 2.45) is 5.41 Å². The van der Waals surface area contributed by atoms with Gasteiger partial charge in [-0.3, -0.25) is 0 Å². The van der Waals surface area contributed by atoms with Gasteiger partial charge in [-0.25, -0.2) is 4.79 Å². The first-order valence-corrected chi connectivity index (χ1v) is 6.58. The lowest BCUT2D eigenvalue weighted by Gasteiger charge is -2.36. The molecule has 0 saturated heterocycles. The van der Waals surface area contributed by atoms with Crippen LogP contribution in [0, 0.1) is 5.41 Å². The highest BCUT2D eigenvalue weighted by molar-refractivity contribution is 5.89. The Morgan fingerprint density at radius 2 is 2.10 bits per heavy atom. The first-order valence-electron chi connectivity index (χ1n) is 6.58. The van der Waals surface area contributed by atoms with E-state index in [1.807, 2.05) is 32.9 Å². The van der Waals surface area contributed by atoms with Crippen molar-refractivity contribution in [3.63, 3.8) is 0 Å². The molecule has 112 valence electrons. The zero-order chi connectivity index (χ0) is 15.3. The molecule has 0 aromatic heterocycles. The van der Waals surface area contributed by atoms with Gasteiger partial charge in [-0.15, -0.1) is 0 Å². The summed E-state index contributed by atoms with van der Waals surface area (Å²) in [5.41, 5.74) is 0.460. The zero-order valence-electron chi connectivity index (χ0n) is 12.8. The molecule has 0 heterocycles. The molecule has 0 aliphatic heterocycles. The summed E-state index contributed by atoms with van der Waals surface area (Å²) in [6, 6.07) is 6.64. The van der Waals surface area contributed by atoms with Gasteiger partial charge in [0.2, 0.25) is 0 Å². The maximum absolute atomic E-state index is 12.2. The number of nitrogens with zero attached hydrogens (tertiary/aromatic N) is 1. The van der Waals surface area contributed by atoms with E-state index in [1.54, 1.807) is 26.3 Å². The molecule has 1 atom stereocenters. The number of methoxy groups -OCH3 is 1. The van der Waals surface area contributed by atoms with Crippen LogP contribution in [-0.4, -0.2) is 42.8 Å². The predicted octanol–water partition coefficient (Wildman–Crippen LogP) is 2.57. The van der Waals surface area contributed by atoms with Gasteiger partial charge < -0.3 is 20.1 Å². The van der Waals surface area contributed by atoms with E-state index in [2.05, 4.69) is 5.32 Å². The van der Waals surface area contributed by atoms with E-state index in [0.717, 1.165) is 0 Å². The lowest BCUT2D eigenvalue weighted by Crippen LogP contribution is -2.48. The highest BCUT2D eigenvalue weighted by Crippen LogP contribution is 2.24. The third kappa shape index (κ3) is 4.13. The quantitative estimate of drug-likeness (QED) is 0.891. The number of aliphatic hydroxyl groups excluding tert-OH is 1. The van der Waals surface area contributed by atoms with Gasteiger partial charge >= 0.3 is 6.03 Å². The summed E-state index contributed by atoms with van der Waals surface area (Å²) in [5, 5.41) is 12.3. The van der Waals surface area contributed by atoms with Gasteiger partial charge in [-0.1, -0.05) is 26.8 Å². The molecule has 0 spiro atoms. The second kappa shape index (κ2) is 6.61. The number of amides is 2. The van der Waals surface area contributed by atoms with E-state index in [9.17, 15) is 9.90 Å². The number of urea groups is 1. The molecule has 0 bridgehead atoms. The summed E-state index contributed by atoms with van der Waals surface area (Å²) in [5.74, 6) is 0.681. The highest BCUT2D eigenvalue weighted by Gasteiger charge is 2.30. The minimum atomic E-state index is -0.257. The van der Waals surface area contributed by atoms with E-state index in [-0.39, 0.29) is 24.1 Å². The number of hydrogen-bond acceptors (Lipinski definition) is 3. The number of likely N-dealkylation sites (N-methyl/N-ethyl adjacent to an activating group) is 1. The van der Waals surface area contributed by atoms with Crippen LogP contribution in [0.4, 0.5) is 10.5 Å². The summed E-state index contributed by atoms with van der Waals surface area (Å²) in [6.45, 7) is 5.89. The van der Waals surface area contributed by atoms with E-state index in [0.29, 0.717) is 11.4 Å². The van der Waals surface area contributed by atoms with Crippen LogP contribution < -0.4 is 10.1 Å². The van der Waals surface area contributed by atoms with E-state index in [4.69, 9.17) is 4.74 Å². The van der Waals surface area contributed by atoms with Crippen LogP contribution in [0.25, 0.3) is 0 Å². The van der Waals surface area contributed by atoms with E-state index >= 15 is 0 Å². The molecule has 0 fully saturated rings. The van der Waals surface area contributed by atoms with Crippen molar-refractivity contribution in [2.75, 3.05) is 26.1 Å². The molecule has 5 heteroatoms. The largest absolute Gasteiger partial charge is 0.497 e. The van der Waals surface area contributed by atoms with Crippen LogP contribution >= 0.6 is 0 Å². The molecular weight excluding hydrogens is 256 g/mol. The molecule has 20 heavy (non-hydrogen) atoms. The smallest absolute Gasteiger partial charge is 0.321 e. The molecule has 0 radical (unpaired) electrons. The predicted molar refractivity (Wildman–Crippen MR) is 80.1 cm³/mol. The van der Waals surface area contributed by atoms with Crippen molar-refractivity contribution in [1.29, 1.82) is 0 Å². The monoisotopic (exact) mass is 280 g/mol. The fourth-order valence-corrected chi connectivity index (χ4v) is 2.03. The number of carbonyl (C=O) groups excluding carboxylic acids is 1. The second-order valence-corrected chi connectivity index (χ2v) is 5.84. The average molecular weight is 280 g/mol. The number of ether oxygens (including phenoxy) is 1. The molecule has 1 aromatic carbocycles. The van der Waals surface area contributed by atoms with Crippen LogP contribution in [0.1, 0.15) is 20.8 Å². The van der Waals surface area contributed by atoms with Crippen LogP contribution in [0.2, 0.25) is 0 Å². The highest BCUT2D eigenvalue weighted by atomic mass is 16.5. The first-order chi connectivity index (χ1) is 9.29. The number of hydrogen-bond donors (Lipinski definition) is 2. The number of nitrogens with one attached hydrogen (secondary N) is 1. The van der Waals surface area contributed by atoms with Crippen LogP contribution in [0.5, 0.6) is 5.75 Å². The Morgan fingerprint density at radius 3 is 2.60 bits per heavy atom. The molecule has 2 N–H and O–H groups in total. The first kappa shape index (κ1) is 16.3. The average Bonchev–Trinajstić information content (AvgIpc) is 2.37. The minimum absolute atomic E-state index is 0.0778. The van der Waals surface area contributed by atoms with Crippen LogP contribution in [0.3, 0.4) is 0 Å². The Kier molecular flexibility index (Phi) is 5.39. The summed E-state index contributed by atoms with van der Waals surface area (Å²) in [7, 11) is 3.26. The molecular formula is C15H24N2O3. The van der Waals surface area contributed by atoms with Crippen molar-refractivity contribution in [1.82, 2.24) is 4.90 Å². The van der Waals surface area contributed by atoms with Gasteiger partial charge in [0, 0.05) is 18.8 Å². The molecule has 1 unspecified atom stereocenters. The van der Waals surface area contributed by atoms with E-state index < -0.39 is 0 Å². The van der Waals surface area contributed by atoms with Crippen LogP contribution in [0.15, 0.2) is 24.3 Å². The number of anilines is 1. The van der Waals surface area contributed by atoms with Crippen molar-refractivity contribution in [3.8, 4) is 5.75 Å². The third-order valence-corrected chi connectivity index (χ3v) is 3.28. The van der Waals surface area contributed by atoms with Crippen molar-refractivity contribution < 1.29 is 14.6 Å². The van der Waals surface area contributed by atoms with Gasteiger partial charge in [0.15, 0.2) is 0 Å². The van der Waals surface area contributed by atoms with Crippen molar-refractivity contribution in [2.45, 2.75) is 26.8 Å². The minimum Gasteiger partial charge on any atom is -0.497 e. The van der Waals surface area contributed by atoms with Gasteiger partial charge in [-0.05, 0) is 17.5 Å². The number of rotatable bonds is 4. The Balaban J connectivity index is 2.79. The lowest BCUT2D eigenvalue weighted by atomic mass is 9.86. The molecule has 5 nitrogen and oxygen atoms in total. The topological polar surface area (TPSA) is 61.8 Å². The lowest BCUT2D eigenvalue weighted by molar-refractivity contribution is 0.0886. The molecule has 1 rings (SSSR count). The maximum Gasteiger partial charge on any atom is 0.321 e. The van der Waals surface area contributed by atoms with Gasteiger partial charge in [0.05, 0.1) is 19.8 Å². The standard InChI is InChI=1S/C15H24N2O3/c1-15(2,3)13(10-18)17(4)14(19)16-11-7-6-8-12(9-11)20-5/h6-9,13,18H,10H2,1-5H3,(H,16,19).